The number of piperidine rings is 1. The molecule has 0 spiro atoms. The Kier molecular flexibility index (Phi) is 5.76. The molecular formula is C30H47NO4S. The van der Waals surface area contributed by atoms with Gasteiger partial charge in [0, 0.05) is 43.2 Å². The number of aliphatic hydroxyl groups excluding tert-OH is 1. The zero-order valence-electron chi connectivity index (χ0n) is 26.6. The van der Waals surface area contributed by atoms with Gasteiger partial charge in [0.15, 0.2) is 0 Å². The van der Waals surface area contributed by atoms with E-state index in [1.54, 1.807) is 6.08 Å². The predicted octanol–water partition coefficient (Wildman–Crippen LogP) is 5.25. The molecule has 1 N–H and O–H groups in total. The Balaban J connectivity index is 1.50. The number of hydrogen-bond donors (Lipinski definition) is 1. The van der Waals surface area contributed by atoms with Gasteiger partial charge in [0.05, 0.1) is 14.6 Å². The van der Waals surface area contributed by atoms with Crippen LogP contribution in [0.5, 0.6) is 0 Å². The normalized spacial score (nSPS) is 54.2. The second kappa shape index (κ2) is 9.41. The van der Waals surface area contributed by atoms with E-state index in [9.17, 15) is 14.7 Å². The first-order valence-electron chi connectivity index (χ1n) is 15.9. The van der Waals surface area contributed by atoms with Crippen molar-refractivity contribution in [2.75, 3.05) is 12.8 Å². The number of thioether (sulfide) groups is 1. The Morgan fingerprint density at radius 2 is 1.94 bits per heavy atom. The highest BCUT2D eigenvalue weighted by atomic mass is 32.2. The number of hydrogen-bond acceptors (Lipinski definition) is 6. The van der Waals surface area contributed by atoms with Gasteiger partial charge in [0.25, 0.3) is 0 Å². The van der Waals surface area contributed by atoms with E-state index in [2.05, 4.69) is 18.5 Å². The van der Waals surface area contributed by atoms with Crippen molar-refractivity contribution in [2.45, 2.75) is 115 Å². The molecule has 10 atom stereocenters. The quantitative estimate of drug-likeness (QED) is 0.394. The molecule has 202 valence electrons. The third kappa shape index (κ3) is 3.95. The highest BCUT2D eigenvalue weighted by molar-refractivity contribution is 8.00. The van der Waals surface area contributed by atoms with Gasteiger partial charge >= 0.3 is 5.97 Å². The molecule has 3 saturated carbocycles. The van der Waals surface area contributed by atoms with Gasteiger partial charge in [-0.25, -0.2) is 0 Å². The SMILES string of the molecule is [2H]C1([2H])CC23CCC(C)C(C)(C2C1=O)[C@H](OC(=O)C([2H])([2H])SC1C[C@H]2CC[C@H](C1)N2C)C[C@@](C)(C=C)[C@@H](O)[C@@H]3C. The highest BCUT2D eigenvalue weighted by Crippen LogP contribution is 2.68. The Bertz CT molecular complexity index is 1060. The molecule has 5 aliphatic rings. The maximum Gasteiger partial charge on any atom is 0.316 e. The maximum atomic E-state index is 13.9. The number of ketones is 1. The molecule has 0 aromatic rings. The number of aliphatic hydroxyl groups is 1. The Morgan fingerprint density at radius 3 is 2.58 bits per heavy atom. The number of rotatable bonds is 5. The van der Waals surface area contributed by atoms with Crippen molar-refractivity contribution in [2.24, 2.45) is 34.0 Å². The minimum absolute atomic E-state index is 0.0233. The fraction of sp³-hybridized carbons (Fsp3) is 0.867. The molecule has 2 aliphatic heterocycles. The molecule has 5 fully saturated rings. The summed E-state index contributed by atoms with van der Waals surface area (Å²) in [5.41, 5.74) is -4.83. The molecule has 0 radical (unpaired) electrons. The van der Waals surface area contributed by atoms with E-state index >= 15 is 0 Å². The van der Waals surface area contributed by atoms with E-state index in [0.717, 1.165) is 37.4 Å². The zero-order chi connectivity index (χ0) is 29.6. The van der Waals surface area contributed by atoms with Crippen molar-refractivity contribution in [3.63, 3.8) is 0 Å². The van der Waals surface area contributed by atoms with E-state index in [1.165, 1.54) is 0 Å². The number of carbonyl (C=O) groups is 2. The average molecular weight is 522 g/mol. The molecule has 0 aromatic heterocycles. The first-order chi connectivity index (χ1) is 18.4. The average Bonchev–Trinajstić information content (AvgIpc) is 3.21. The van der Waals surface area contributed by atoms with E-state index in [0.29, 0.717) is 24.9 Å². The van der Waals surface area contributed by atoms with Crippen LogP contribution in [-0.4, -0.2) is 64.1 Å². The Morgan fingerprint density at radius 1 is 1.28 bits per heavy atom. The molecule has 4 unspecified atom stereocenters. The van der Waals surface area contributed by atoms with Crippen LogP contribution in [0.25, 0.3) is 0 Å². The van der Waals surface area contributed by atoms with Gasteiger partial charge in [-0.1, -0.05) is 33.8 Å². The van der Waals surface area contributed by atoms with E-state index in [-0.39, 0.29) is 29.9 Å². The molecule has 3 aliphatic carbocycles. The van der Waals surface area contributed by atoms with Crippen LogP contribution in [0.1, 0.15) is 90.9 Å². The minimum atomic E-state index is -2.27. The molecule has 6 heteroatoms. The summed E-state index contributed by atoms with van der Waals surface area (Å²) >= 11 is 1.06. The molecule has 2 heterocycles. The van der Waals surface area contributed by atoms with Crippen molar-refractivity contribution in [3.8, 4) is 0 Å². The van der Waals surface area contributed by atoms with Crippen LogP contribution in [0.3, 0.4) is 0 Å². The molecule has 0 aromatic carbocycles. The van der Waals surface area contributed by atoms with Crippen LogP contribution in [-0.2, 0) is 14.3 Å². The summed E-state index contributed by atoms with van der Waals surface area (Å²) < 4.78 is 41.1. The van der Waals surface area contributed by atoms with E-state index in [4.69, 9.17) is 10.2 Å². The lowest BCUT2D eigenvalue weighted by molar-refractivity contribution is -0.205. The van der Waals surface area contributed by atoms with Gasteiger partial charge in [-0.15, -0.1) is 18.3 Å². The Hall–Kier alpha value is -0.850. The molecule has 4 bridgehead atoms. The summed E-state index contributed by atoms with van der Waals surface area (Å²) in [4.78, 5) is 30.0. The van der Waals surface area contributed by atoms with Crippen molar-refractivity contribution in [1.29, 1.82) is 0 Å². The van der Waals surface area contributed by atoms with Crippen LogP contribution in [0.15, 0.2) is 12.7 Å². The number of esters is 1. The lowest BCUT2D eigenvalue weighted by atomic mass is 9.44. The zero-order valence-corrected chi connectivity index (χ0v) is 23.4. The van der Waals surface area contributed by atoms with Crippen molar-refractivity contribution in [3.05, 3.63) is 12.7 Å². The van der Waals surface area contributed by atoms with Gasteiger partial charge in [-0.2, -0.15) is 0 Å². The van der Waals surface area contributed by atoms with E-state index < -0.39 is 58.2 Å². The van der Waals surface area contributed by atoms with E-state index in [1.807, 2.05) is 27.7 Å². The first kappa shape index (κ1) is 22.0. The predicted molar refractivity (Wildman–Crippen MR) is 145 cm³/mol. The second-order valence-electron chi connectivity index (χ2n) is 13.1. The highest BCUT2D eigenvalue weighted by Gasteiger charge is 2.68. The number of ether oxygens (including phenoxy) is 1. The van der Waals surface area contributed by atoms with Crippen molar-refractivity contribution >= 4 is 23.5 Å². The third-order valence-corrected chi connectivity index (χ3v) is 12.6. The number of carbonyl (C=O) groups excluding carboxylic acids is 2. The number of Topliss-reactive ketones (excluding diaryl/α,β-unsaturated/α-hetero) is 1. The fourth-order valence-electron chi connectivity index (χ4n) is 8.83. The molecule has 5 nitrogen and oxygen atoms in total. The van der Waals surface area contributed by atoms with Gasteiger partial charge in [-0.3, -0.25) is 9.59 Å². The van der Waals surface area contributed by atoms with Gasteiger partial charge in [0.1, 0.15) is 11.9 Å². The lowest BCUT2D eigenvalue weighted by Crippen LogP contribution is -2.63. The van der Waals surface area contributed by atoms with Crippen LogP contribution < -0.4 is 0 Å². The summed E-state index contributed by atoms with van der Waals surface area (Å²) in [6.07, 6.45) is 3.30. The van der Waals surface area contributed by atoms with Crippen LogP contribution in [0.2, 0.25) is 0 Å². The summed E-state index contributed by atoms with van der Waals surface area (Å²) in [6, 6.07) is 0.841. The summed E-state index contributed by atoms with van der Waals surface area (Å²) in [6.45, 7) is 11.8. The third-order valence-electron chi connectivity index (χ3n) is 11.6. The van der Waals surface area contributed by atoms with Crippen LogP contribution in [0.4, 0.5) is 0 Å². The molecule has 0 amide bonds. The summed E-state index contributed by atoms with van der Waals surface area (Å²) in [7, 11) is 2.13. The van der Waals surface area contributed by atoms with Gasteiger partial charge in [-0.05, 0) is 75.7 Å². The smallest absolute Gasteiger partial charge is 0.316 e. The molecule has 2 saturated heterocycles. The fourth-order valence-corrected chi connectivity index (χ4v) is 9.78. The number of nitrogens with zero attached hydrogens (tertiary/aromatic N) is 1. The first-order valence-corrected chi connectivity index (χ1v) is 14.8. The lowest BCUT2D eigenvalue weighted by Gasteiger charge is -2.61. The maximum absolute atomic E-state index is 13.9. The second-order valence-corrected chi connectivity index (χ2v) is 14.2. The van der Waals surface area contributed by atoms with Crippen molar-refractivity contribution < 1.29 is 24.9 Å². The van der Waals surface area contributed by atoms with Crippen LogP contribution >= 0.6 is 11.8 Å². The monoisotopic (exact) mass is 521 g/mol. The van der Waals surface area contributed by atoms with Gasteiger partial charge in [0.2, 0.25) is 0 Å². The molecule has 5 rings (SSSR count). The van der Waals surface area contributed by atoms with Gasteiger partial charge < -0.3 is 14.7 Å². The number of fused-ring (bicyclic) bond motifs is 2. The largest absolute Gasteiger partial charge is 0.461 e. The molecule has 36 heavy (non-hydrogen) atoms. The minimum Gasteiger partial charge on any atom is -0.461 e. The van der Waals surface area contributed by atoms with Crippen molar-refractivity contribution in [1.82, 2.24) is 4.90 Å². The molecular weight excluding hydrogens is 470 g/mol. The standard InChI is InChI=1S/C30H47NO4S/c1-7-28(4)16-24(35-25(33)17-36-22-14-20-8-9-21(15-22)31(20)6)29(5)18(2)10-12-30(19(3)27(28)34)13-11-23(32)26(29)30/h7,18-22,24,26-27,34H,1,8-17H2,2-6H3/t18?,19-,20+,21+,24+,26?,27-,28+,29?,30?/m0/s1/i11D2,17D2. The Labute approximate surface area is 227 Å². The summed E-state index contributed by atoms with van der Waals surface area (Å²) in [5, 5.41) is 11.8. The van der Waals surface area contributed by atoms with Crippen LogP contribution in [0, 0.1) is 34.0 Å². The summed E-state index contributed by atoms with van der Waals surface area (Å²) in [5.74, 6) is -2.59. The topological polar surface area (TPSA) is 66.8 Å².